The lowest BCUT2D eigenvalue weighted by Gasteiger charge is -2.20. The number of hydrogen-bond donors (Lipinski definition) is 1. The van der Waals surface area contributed by atoms with Crippen LogP contribution < -0.4 is 5.32 Å². The van der Waals surface area contributed by atoms with Crippen LogP contribution in [0.1, 0.15) is 19.8 Å². The Hall–Kier alpha value is -0.0800. The van der Waals surface area contributed by atoms with Crippen LogP contribution in [0.3, 0.4) is 0 Å². The molecule has 0 unspecified atom stereocenters. The van der Waals surface area contributed by atoms with E-state index in [0.717, 1.165) is 11.8 Å². The molecule has 0 amide bonds. The molecule has 3 rings (SSSR count). The van der Waals surface area contributed by atoms with Crippen molar-refractivity contribution in [3.63, 3.8) is 0 Å². The summed E-state index contributed by atoms with van der Waals surface area (Å²) in [5.74, 6) is 1.95. The van der Waals surface area contributed by atoms with E-state index in [2.05, 4.69) is 17.1 Å². The van der Waals surface area contributed by atoms with Gasteiger partial charge in [0, 0.05) is 19.6 Å². The van der Waals surface area contributed by atoms with Gasteiger partial charge in [-0.05, 0) is 43.2 Å². The van der Waals surface area contributed by atoms with Crippen molar-refractivity contribution in [3.05, 3.63) is 0 Å². The van der Waals surface area contributed by atoms with E-state index < -0.39 is 0 Å². The van der Waals surface area contributed by atoms with E-state index in [1.54, 1.807) is 0 Å². The lowest BCUT2D eigenvalue weighted by molar-refractivity contribution is 0.259. The SMILES string of the molecule is CC1(CN2C[C@H]3CNC[C@H]3C2)CC1. The number of nitrogens with zero attached hydrogens (tertiary/aromatic N) is 1. The van der Waals surface area contributed by atoms with E-state index in [0.29, 0.717) is 5.41 Å². The van der Waals surface area contributed by atoms with E-state index in [9.17, 15) is 0 Å². The van der Waals surface area contributed by atoms with Crippen LogP contribution in [0.15, 0.2) is 0 Å². The number of hydrogen-bond acceptors (Lipinski definition) is 2. The summed E-state index contributed by atoms with van der Waals surface area (Å²) in [6.45, 7) is 9.11. The van der Waals surface area contributed by atoms with Crippen LogP contribution >= 0.6 is 0 Å². The molecule has 0 aromatic carbocycles. The number of likely N-dealkylation sites (tertiary alicyclic amines) is 1. The normalized spacial score (nSPS) is 42.2. The Kier molecular flexibility index (Phi) is 1.72. The van der Waals surface area contributed by atoms with Gasteiger partial charge in [0.25, 0.3) is 0 Å². The van der Waals surface area contributed by atoms with Gasteiger partial charge in [-0.3, -0.25) is 0 Å². The van der Waals surface area contributed by atoms with Crippen LogP contribution in [0.4, 0.5) is 0 Å². The first kappa shape index (κ1) is 8.25. The maximum atomic E-state index is 3.50. The molecule has 1 aliphatic carbocycles. The Morgan fingerprint density at radius 2 is 1.85 bits per heavy atom. The van der Waals surface area contributed by atoms with E-state index >= 15 is 0 Å². The third-order valence-electron chi connectivity index (χ3n) is 4.17. The van der Waals surface area contributed by atoms with Gasteiger partial charge in [-0.2, -0.15) is 0 Å². The van der Waals surface area contributed by atoms with Gasteiger partial charge in [0.15, 0.2) is 0 Å². The molecule has 1 N–H and O–H groups in total. The van der Waals surface area contributed by atoms with Crippen LogP contribution in [0.25, 0.3) is 0 Å². The summed E-state index contributed by atoms with van der Waals surface area (Å²) in [7, 11) is 0. The Balaban J connectivity index is 1.57. The Morgan fingerprint density at radius 1 is 1.23 bits per heavy atom. The van der Waals surface area contributed by atoms with Crippen LogP contribution in [0, 0.1) is 17.3 Å². The van der Waals surface area contributed by atoms with Gasteiger partial charge in [0.05, 0.1) is 0 Å². The minimum absolute atomic E-state index is 0.714. The summed E-state index contributed by atoms with van der Waals surface area (Å²) in [5, 5.41) is 3.50. The van der Waals surface area contributed by atoms with E-state index in [1.807, 2.05) is 0 Å². The van der Waals surface area contributed by atoms with Crippen LogP contribution in [0.2, 0.25) is 0 Å². The maximum absolute atomic E-state index is 3.50. The lowest BCUT2D eigenvalue weighted by atomic mass is 10.0. The summed E-state index contributed by atoms with van der Waals surface area (Å²) in [5.41, 5.74) is 0.714. The average molecular weight is 180 g/mol. The Bertz CT molecular complexity index is 198. The first-order valence-corrected chi connectivity index (χ1v) is 5.68. The minimum Gasteiger partial charge on any atom is -0.316 e. The third kappa shape index (κ3) is 1.50. The molecule has 2 heteroatoms. The molecule has 2 aliphatic heterocycles. The standard InChI is InChI=1S/C11H20N2/c1-11(2-3-11)8-13-6-9-4-12-5-10(9)7-13/h9-10,12H,2-8H2,1H3/t9-,10+. The molecule has 0 spiro atoms. The highest BCUT2D eigenvalue weighted by Gasteiger charge is 2.43. The average Bonchev–Trinajstić information content (AvgIpc) is 2.51. The predicted molar refractivity (Wildman–Crippen MR) is 53.6 cm³/mol. The second kappa shape index (κ2) is 2.71. The summed E-state index contributed by atoms with van der Waals surface area (Å²) >= 11 is 0. The van der Waals surface area contributed by atoms with Crippen molar-refractivity contribution >= 4 is 0 Å². The molecule has 0 bridgehead atoms. The smallest absolute Gasteiger partial charge is 0.00356 e. The first-order chi connectivity index (χ1) is 6.25. The fourth-order valence-electron chi connectivity index (χ4n) is 2.99. The molecule has 2 saturated heterocycles. The topological polar surface area (TPSA) is 15.3 Å². The molecule has 3 aliphatic rings. The van der Waals surface area contributed by atoms with Gasteiger partial charge in [0.1, 0.15) is 0 Å². The zero-order valence-corrected chi connectivity index (χ0v) is 8.55. The first-order valence-electron chi connectivity index (χ1n) is 5.68. The fraction of sp³-hybridized carbons (Fsp3) is 1.00. The monoisotopic (exact) mass is 180 g/mol. The minimum atomic E-state index is 0.714. The molecule has 0 radical (unpaired) electrons. The van der Waals surface area contributed by atoms with Gasteiger partial charge < -0.3 is 10.2 Å². The van der Waals surface area contributed by atoms with Gasteiger partial charge in [-0.1, -0.05) is 6.92 Å². The maximum Gasteiger partial charge on any atom is 0.00356 e. The Morgan fingerprint density at radius 3 is 2.38 bits per heavy atom. The predicted octanol–water partition coefficient (Wildman–Crippen LogP) is 0.938. The van der Waals surface area contributed by atoms with Crippen LogP contribution in [-0.2, 0) is 0 Å². The van der Waals surface area contributed by atoms with Crippen LogP contribution in [-0.4, -0.2) is 37.6 Å². The van der Waals surface area contributed by atoms with Crippen LogP contribution in [0.5, 0.6) is 0 Å². The summed E-state index contributed by atoms with van der Waals surface area (Å²) in [6, 6.07) is 0. The molecule has 2 atom stereocenters. The number of nitrogens with one attached hydrogen (secondary N) is 1. The third-order valence-corrected chi connectivity index (χ3v) is 4.17. The molecule has 0 aromatic heterocycles. The summed E-state index contributed by atoms with van der Waals surface area (Å²) < 4.78 is 0. The zero-order chi connectivity index (χ0) is 8.89. The van der Waals surface area contributed by atoms with Crippen molar-refractivity contribution < 1.29 is 0 Å². The molecule has 74 valence electrons. The van der Waals surface area contributed by atoms with Gasteiger partial charge in [-0.15, -0.1) is 0 Å². The van der Waals surface area contributed by atoms with Crippen molar-refractivity contribution in [2.24, 2.45) is 17.3 Å². The van der Waals surface area contributed by atoms with E-state index in [4.69, 9.17) is 0 Å². The molecular weight excluding hydrogens is 160 g/mol. The van der Waals surface area contributed by atoms with Crippen molar-refractivity contribution in [3.8, 4) is 0 Å². The zero-order valence-electron chi connectivity index (χ0n) is 8.55. The van der Waals surface area contributed by atoms with Gasteiger partial charge in [-0.25, -0.2) is 0 Å². The molecule has 0 aromatic rings. The van der Waals surface area contributed by atoms with E-state index in [-0.39, 0.29) is 0 Å². The largest absolute Gasteiger partial charge is 0.316 e. The highest BCUT2D eigenvalue weighted by molar-refractivity contribution is 4.97. The Labute approximate surface area is 80.7 Å². The van der Waals surface area contributed by atoms with Gasteiger partial charge in [0.2, 0.25) is 0 Å². The summed E-state index contributed by atoms with van der Waals surface area (Å²) in [6.07, 6.45) is 2.94. The molecule has 2 nitrogen and oxygen atoms in total. The second-order valence-electron chi connectivity index (χ2n) is 5.68. The van der Waals surface area contributed by atoms with E-state index in [1.165, 1.54) is 45.6 Å². The lowest BCUT2D eigenvalue weighted by Crippen LogP contribution is -2.30. The quantitative estimate of drug-likeness (QED) is 0.680. The number of rotatable bonds is 2. The molecular formula is C11H20N2. The highest BCUT2D eigenvalue weighted by Crippen LogP contribution is 2.46. The van der Waals surface area contributed by atoms with Crippen molar-refractivity contribution in [1.29, 1.82) is 0 Å². The molecule has 1 saturated carbocycles. The molecule has 2 heterocycles. The van der Waals surface area contributed by atoms with Crippen molar-refractivity contribution in [2.75, 3.05) is 32.7 Å². The molecule has 3 fully saturated rings. The highest BCUT2D eigenvalue weighted by atomic mass is 15.2. The van der Waals surface area contributed by atoms with Gasteiger partial charge >= 0.3 is 0 Å². The van der Waals surface area contributed by atoms with Crippen molar-refractivity contribution in [2.45, 2.75) is 19.8 Å². The number of fused-ring (bicyclic) bond motifs is 1. The molecule has 13 heavy (non-hydrogen) atoms. The summed E-state index contributed by atoms with van der Waals surface area (Å²) in [4.78, 5) is 2.71. The second-order valence-corrected chi connectivity index (χ2v) is 5.68. The van der Waals surface area contributed by atoms with Crippen molar-refractivity contribution in [1.82, 2.24) is 10.2 Å². The fourth-order valence-corrected chi connectivity index (χ4v) is 2.99.